The summed E-state index contributed by atoms with van der Waals surface area (Å²) in [6.45, 7) is 6.71. The third-order valence-electron chi connectivity index (χ3n) is 3.98. The Labute approximate surface area is 142 Å². The first kappa shape index (κ1) is 16.0. The van der Waals surface area contributed by atoms with E-state index < -0.39 is 0 Å². The van der Waals surface area contributed by atoms with Gasteiger partial charge in [0.1, 0.15) is 0 Å². The standard InChI is InChI=1S/C20H21N3O/c1-14-4-7-17(8-5-14)12-23-13-18(11-21-23)22-20(24)19-9-6-15(2)10-16(19)3/h4-11,13H,12H2,1-3H3,(H,22,24). The van der Waals surface area contributed by atoms with Gasteiger partial charge < -0.3 is 5.32 Å². The minimum atomic E-state index is -0.109. The molecule has 0 atom stereocenters. The van der Waals surface area contributed by atoms with Crippen molar-refractivity contribution in [3.05, 3.63) is 82.7 Å². The van der Waals surface area contributed by atoms with Crippen LogP contribution in [0.2, 0.25) is 0 Å². The van der Waals surface area contributed by atoms with E-state index >= 15 is 0 Å². The Morgan fingerprint density at radius 1 is 1.04 bits per heavy atom. The Bertz CT molecular complexity index is 863. The van der Waals surface area contributed by atoms with Gasteiger partial charge in [-0.2, -0.15) is 5.10 Å². The van der Waals surface area contributed by atoms with Crippen LogP contribution in [0.3, 0.4) is 0 Å². The van der Waals surface area contributed by atoms with Gasteiger partial charge in [0.05, 0.1) is 18.4 Å². The Balaban J connectivity index is 1.69. The lowest BCUT2D eigenvalue weighted by atomic mass is 10.1. The number of carbonyl (C=O) groups is 1. The summed E-state index contributed by atoms with van der Waals surface area (Å²) in [4.78, 5) is 12.4. The maximum absolute atomic E-state index is 12.4. The molecule has 4 heteroatoms. The topological polar surface area (TPSA) is 46.9 Å². The Hall–Kier alpha value is -2.88. The summed E-state index contributed by atoms with van der Waals surface area (Å²) in [6.07, 6.45) is 3.52. The fraction of sp³-hybridized carbons (Fsp3) is 0.200. The Morgan fingerprint density at radius 2 is 1.75 bits per heavy atom. The van der Waals surface area contributed by atoms with Crippen LogP contribution in [0.15, 0.2) is 54.9 Å². The van der Waals surface area contributed by atoms with Crippen LogP contribution >= 0.6 is 0 Å². The van der Waals surface area contributed by atoms with Crippen molar-refractivity contribution in [2.45, 2.75) is 27.3 Å². The molecule has 1 heterocycles. The molecule has 1 N–H and O–H groups in total. The van der Waals surface area contributed by atoms with Crippen molar-refractivity contribution in [1.29, 1.82) is 0 Å². The molecular weight excluding hydrogens is 298 g/mol. The van der Waals surface area contributed by atoms with Gasteiger partial charge in [-0.05, 0) is 38.0 Å². The molecule has 0 saturated carbocycles. The van der Waals surface area contributed by atoms with Crippen LogP contribution in [0, 0.1) is 20.8 Å². The fourth-order valence-electron chi connectivity index (χ4n) is 2.66. The van der Waals surface area contributed by atoms with Gasteiger partial charge in [-0.1, -0.05) is 47.5 Å². The van der Waals surface area contributed by atoms with Gasteiger partial charge >= 0.3 is 0 Å². The predicted octanol–water partition coefficient (Wildman–Crippen LogP) is 4.11. The van der Waals surface area contributed by atoms with E-state index in [1.54, 1.807) is 6.20 Å². The third kappa shape index (κ3) is 3.71. The molecule has 122 valence electrons. The fourth-order valence-corrected chi connectivity index (χ4v) is 2.66. The van der Waals surface area contributed by atoms with Crippen LogP contribution in [0.5, 0.6) is 0 Å². The van der Waals surface area contributed by atoms with Crippen LogP contribution in [0.4, 0.5) is 5.69 Å². The van der Waals surface area contributed by atoms with Crippen LogP contribution in [0.1, 0.15) is 32.6 Å². The van der Waals surface area contributed by atoms with Crippen molar-refractivity contribution in [1.82, 2.24) is 9.78 Å². The molecule has 0 radical (unpaired) electrons. The van der Waals surface area contributed by atoms with E-state index in [0.717, 1.165) is 11.1 Å². The number of amides is 1. The number of benzene rings is 2. The maximum Gasteiger partial charge on any atom is 0.256 e. The molecule has 0 saturated heterocycles. The first-order valence-corrected chi connectivity index (χ1v) is 7.98. The number of rotatable bonds is 4. The van der Waals surface area contributed by atoms with Gasteiger partial charge in [0.2, 0.25) is 0 Å². The number of hydrogen-bond acceptors (Lipinski definition) is 2. The van der Waals surface area contributed by atoms with Gasteiger partial charge in [-0.15, -0.1) is 0 Å². The largest absolute Gasteiger partial charge is 0.319 e. The van der Waals surface area contributed by atoms with Gasteiger partial charge in [0.25, 0.3) is 5.91 Å². The zero-order chi connectivity index (χ0) is 17.1. The second-order valence-corrected chi connectivity index (χ2v) is 6.18. The lowest BCUT2D eigenvalue weighted by molar-refractivity contribution is 0.102. The molecule has 0 unspecified atom stereocenters. The molecule has 0 aliphatic carbocycles. The molecule has 0 aliphatic rings. The number of hydrogen-bond donors (Lipinski definition) is 1. The van der Waals surface area contributed by atoms with Crippen molar-refractivity contribution >= 4 is 11.6 Å². The highest BCUT2D eigenvalue weighted by Crippen LogP contribution is 2.14. The normalized spacial score (nSPS) is 10.6. The summed E-state index contributed by atoms with van der Waals surface area (Å²) in [5.74, 6) is -0.109. The minimum Gasteiger partial charge on any atom is -0.319 e. The zero-order valence-corrected chi connectivity index (χ0v) is 14.2. The van der Waals surface area contributed by atoms with E-state index in [0.29, 0.717) is 17.8 Å². The van der Waals surface area contributed by atoms with Crippen molar-refractivity contribution in [2.75, 3.05) is 5.32 Å². The molecule has 3 rings (SSSR count). The molecule has 1 amide bonds. The van der Waals surface area contributed by atoms with E-state index in [2.05, 4.69) is 41.6 Å². The summed E-state index contributed by atoms with van der Waals surface area (Å²) in [5, 5.41) is 7.23. The first-order chi connectivity index (χ1) is 11.5. The summed E-state index contributed by atoms with van der Waals surface area (Å²) < 4.78 is 1.82. The monoisotopic (exact) mass is 319 g/mol. The van der Waals surface area contributed by atoms with Gasteiger partial charge in [-0.25, -0.2) is 0 Å². The number of aryl methyl sites for hydroxylation is 3. The van der Waals surface area contributed by atoms with E-state index in [-0.39, 0.29) is 5.91 Å². The quantitative estimate of drug-likeness (QED) is 0.786. The summed E-state index contributed by atoms with van der Waals surface area (Å²) in [7, 11) is 0. The highest BCUT2D eigenvalue weighted by molar-refractivity contribution is 6.05. The van der Waals surface area contributed by atoms with Crippen molar-refractivity contribution in [3.8, 4) is 0 Å². The summed E-state index contributed by atoms with van der Waals surface area (Å²) >= 11 is 0. The SMILES string of the molecule is Cc1ccc(Cn2cc(NC(=O)c3ccc(C)cc3C)cn2)cc1. The van der Waals surface area contributed by atoms with Crippen LogP contribution in [-0.2, 0) is 6.54 Å². The molecule has 4 nitrogen and oxygen atoms in total. The molecule has 2 aromatic carbocycles. The lowest BCUT2D eigenvalue weighted by Crippen LogP contribution is -2.13. The predicted molar refractivity (Wildman–Crippen MR) is 96.4 cm³/mol. The van der Waals surface area contributed by atoms with E-state index in [1.807, 2.05) is 42.9 Å². The number of nitrogens with zero attached hydrogens (tertiary/aromatic N) is 2. The Morgan fingerprint density at radius 3 is 2.46 bits per heavy atom. The molecule has 0 aliphatic heterocycles. The van der Waals surface area contributed by atoms with Gasteiger partial charge in [0.15, 0.2) is 0 Å². The van der Waals surface area contributed by atoms with Crippen LogP contribution in [-0.4, -0.2) is 15.7 Å². The third-order valence-corrected chi connectivity index (χ3v) is 3.98. The summed E-state index contributed by atoms with van der Waals surface area (Å²) in [6, 6.07) is 14.2. The first-order valence-electron chi connectivity index (χ1n) is 7.98. The second-order valence-electron chi connectivity index (χ2n) is 6.18. The molecule has 0 spiro atoms. The van der Waals surface area contributed by atoms with E-state index in [4.69, 9.17) is 0 Å². The second kappa shape index (κ2) is 6.71. The number of anilines is 1. The van der Waals surface area contributed by atoms with Crippen molar-refractivity contribution in [2.24, 2.45) is 0 Å². The molecular formula is C20H21N3O. The highest BCUT2D eigenvalue weighted by Gasteiger charge is 2.10. The maximum atomic E-state index is 12.4. The van der Waals surface area contributed by atoms with E-state index in [1.165, 1.54) is 11.1 Å². The number of nitrogens with one attached hydrogen (secondary N) is 1. The average Bonchev–Trinajstić information content (AvgIpc) is 2.96. The highest BCUT2D eigenvalue weighted by atomic mass is 16.1. The molecule has 3 aromatic rings. The Kier molecular flexibility index (Phi) is 4.47. The molecule has 1 aromatic heterocycles. The van der Waals surface area contributed by atoms with Gasteiger partial charge in [0, 0.05) is 11.8 Å². The molecule has 0 fully saturated rings. The minimum absolute atomic E-state index is 0.109. The molecule has 24 heavy (non-hydrogen) atoms. The van der Waals surface area contributed by atoms with Crippen molar-refractivity contribution in [3.63, 3.8) is 0 Å². The smallest absolute Gasteiger partial charge is 0.256 e. The average molecular weight is 319 g/mol. The zero-order valence-electron chi connectivity index (χ0n) is 14.2. The van der Waals surface area contributed by atoms with Crippen LogP contribution in [0.25, 0.3) is 0 Å². The number of carbonyl (C=O) groups excluding carboxylic acids is 1. The van der Waals surface area contributed by atoms with Gasteiger partial charge in [-0.3, -0.25) is 9.48 Å². The number of aromatic nitrogens is 2. The van der Waals surface area contributed by atoms with Crippen molar-refractivity contribution < 1.29 is 4.79 Å². The van der Waals surface area contributed by atoms with Crippen LogP contribution < -0.4 is 5.32 Å². The van der Waals surface area contributed by atoms with E-state index in [9.17, 15) is 4.79 Å². The summed E-state index contributed by atoms with van der Waals surface area (Å²) in [5.41, 5.74) is 5.92. The lowest BCUT2D eigenvalue weighted by Gasteiger charge is -2.06. The molecule has 0 bridgehead atoms.